The lowest BCUT2D eigenvalue weighted by atomic mass is 9.85. The molecule has 164 valence electrons. The lowest BCUT2D eigenvalue weighted by Gasteiger charge is -2.16. The Kier molecular flexibility index (Phi) is 5.82. The first kappa shape index (κ1) is 21.7. The molecular formula is C22H18Cl2N4O4. The van der Waals surface area contributed by atoms with Crippen molar-refractivity contribution in [2.45, 2.75) is 19.8 Å². The summed E-state index contributed by atoms with van der Waals surface area (Å²) < 4.78 is 5.42. The Balaban J connectivity index is 1.69. The summed E-state index contributed by atoms with van der Waals surface area (Å²) in [5.41, 5.74) is 2.31. The summed E-state index contributed by atoms with van der Waals surface area (Å²) in [5, 5.41) is 11.3. The molecule has 0 bridgehead atoms. The number of rotatable bonds is 5. The largest absolute Gasteiger partial charge is 0.423 e. The monoisotopic (exact) mass is 472 g/mol. The van der Waals surface area contributed by atoms with E-state index in [4.69, 9.17) is 27.9 Å². The van der Waals surface area contributed by atoms with Gasteiger partial charge in [-0.3, -0.25) is 19.8 Å². The molecule has 4 N–H and O–H groups in total. The van der Waals surface area contributed by atoms with E-state index in [1.165, 1.54) is 12.1 Å². The second kappa shape index (κ2) is 8.57. The second-order valence-corrected chi connectivity index (χ2v) is 8.09. The van der Waals surface area contributed by atoms with Gasteiger partial charge in [0.1, 0.15) is 5.75 Å². The van der Waals surface area contributed by atoms with E-state index in [0.29, 0.717) is 33.1 Å². The molecule has 2 aromatic carbocycles. The topological polar surface area (TPSA) is 124 Å². The van der Waals surface area contributed by atoms with Gasteiger partial charge < -0.3 is 14.9 Å². The lowest BCUT2D eigenvalue weighted by molar-refractivity contribution is 0.0735. The van der Waals surface area contributed by atoms with Crippen molar-refractivity contribution in [1.82, 2.24) is 20.4 Å². The zero-order valence-corrected chi connectivity index (χ0v) is 18.5. The van der Waals surface area contributed by atoms with Crippen LogP contribution in [0.15, 0.2) is 52.1 Å². The van der Waals surface area contributed by atoms with E-state index >= 15 is 0 Å². The van der Waals surface area contributed by atoms with Gasteiger partial charge in [0.15, 0.2) is 0 Å². The van der Waals surface area contributed by atoms with Crippen LogP contribution in [-0.4, -0.2) is 26.4 Å². The van der Waals surface area contributed by atoms with Crippen LogP contribution in [0.1, 0.15) is 44.4 Å². The van der Waals surface area contributed by atoms with Crippen molar-refractivity contribution in [3.63, 3.8) is 0 Å². The minimum atomic E-state index is -0.633. The number of halogens is 2. The number of H-pyrrole nitrogens is 4. The fourth-order valence-electron chi connectivity index (χ4n) is 3.63. The maximum atomic E-state index is 12.5. The Morgan fingerprint density at radius 3 is 1.88 bits per heavy atom. The van der Waals surface area contributed by atoms with Gasteiger partial charge in [-0.1, -0.05) is 35.3 Å². The van der Waals surface area contributed by atoms with Gasteiger partial charge >= 0.3 is 5.97 Å². The third-order valence-corrected chi connectivity index (χ3v) is 5.72. The molecule has 0 atom stereocenters. The van der Waals surface area contributed by atoms with Gasteiger partial charge in [0, 0.05) is 22.3 Å². The van der Waals surface area contributed by atoms with Crippen LogP contribution in [0.5, 0.6) is 5.75 Å². The molecule has 8 nitrogen and oxygen atoms in total. The molecule has 0 aliphatic heterocycles. The van der Waals surface area contributed by atoms with Crippen LogP contribution in [0.4, 0.5) is 0 Å². The smallest absolute Gasteiger partial charge is 0.345 e. The number of aryl methyl sites for hydroxylation is 2. The van der Waals surface area contributed by atoms with Crippen molar-refractivity contribution in [3.05, 3.63) is 107 Å². The lowest BCUT2D eigenvalue weighted by Crippen LogP contribution is -2.20. The first-order chi connectivity index (χ1) is 15.3. The van der Waals surface area contributed by atoms with Crippen molar-refractivity contribution in [2.75, 3.05) is 0 Å². The number of benzene rings is 2. The van der Waals surface area contributed by atoms with E-state index in [1.54, 1.807) is 44.2 Å². The third kappa shape index (κ3) is 4.02. The molecule has 4 aromatic rings. The van der Waals surface area contributed by atoms with Crippen molar-refractivity contribution >= 4 is 29.2 Å². The van der Waals surface area contributed by atoms with Crippen molar-refractivity contribution < 1.29 is 9.53 Å². The number of aromatic amines is 4. The molecular weight excluding hydrogens is 455 g/mol. The van der Waals surface area contributed by atoms with Gasteiger partial charge in [0.05, 0.1) is 21.7 Å². The van der Waals surface area contributed by atoms with Gasteiger partial charge in [0.2, 0.25) is 0 Å². The van der Waals surface area contributed by atoms with E-state index in [0.717, 1.165) is 0 Å². The molecule has 2 aromatic heterocycles. The molecule has 0 saturated carbocycles. The average Bonchev–Trinajstić information content (AvgIpc) is 3.25. The van der Waals surface area contributed by atoms with E-state index < -0.39 is 11.9 Å². The van der Waals surface area contributed by atoms with Gasteiger partial charge in [-0.2, -0.15) is 0 Å². The molecule has 0 aliphatic rings. The highest BCUT2D eigenvalue weighted by atomic mass is 35.5. The quantitative estimate of drug-likeness (QED) is 0.258. The van der Waals surface area contributed by atoms with Crippen LogP contribution < -0.4 is 15.9 Å². The van der Waals surface area contributed by atoms with Crippen molar-refractivity contribution in [2.24, 2.45) is 0 Å². The zero-order chi connectivity index (χ0) is 23.0. The van der Waals surface area contributed by atoms with E-state index in [9.17, 15) is 14.4 Å². The summed E-state index contributed by atoms with van der Waals surface area (Å²) in [6.45, 7) is 3.50. The predicted octanol–water partition coefficient (Wildman–Crippen LogP) is 4.04. The summed E-state index contributed by atoms with van der Waals surface area (Å²) in [4.78, 5) is 37.5. The molecule has 0 spiro atoms. The maximum Gasteiger partial charge on any atom is 0.345 e. The number of carbonyl (C=O) groups is 1. The fraction of sp³-hybridized carbons (Fsp3) is 0.136. The standard InChI is InChI=1S/C22H18Cl2N4O4/c1-10-17(20(29)27-25-10)19(18-11(2)26-28-21(18)30)12-3-6-14(7-4-12)32-22(31)15-8-5-13(23)9-16(15)24/h3-9,19H,1-2H3,(H2,25,27,29)(H2,26,28,30). The Hall–Kier alpha value is -3.49. The highest BCUT2D eigenvalue weighted by Gasteiger charge is 2.28. The molecule has 0 amide bonds. The highest BCUT2D eigenvalue weighted by molar-refractivity contribution is 6.36. The number of hydrogen-bond acceptors (Lipinski definition) is 4. The van der Waals surface area contributed by atoms with Gasteiger partial charge in [-0.05, 0) is 49.7 Å². The van der Waals surface area contributed by atoms with Crippen LogP contribution in [0.25, 0.3) is 0 Å². The molecule has 0 saturated heterocycles. The molecule has 4 rings (SSSR count). The number of aromatic nitrogens is 4. The molecule has 0 unspecified atom stereocenters. The summed E-state index contributed by atoms with van der Waals surface area (Å²) in [5.74, 6) is -0.981. The number of esters is 1. The van der Waals surface area contributed by atoms with Gasteiger partial charge in [-0.15, -0.1) is 0 Å². The molecule has 2 heterocycles. The Bertz CT molecular complexity index is 1360. The first-order valence-electron chi connectivity index (χ1n) is 9.57. The minimum absolute atomic E-state index is 0.182. The fourth-order valence-corrected chi connectivity index (χ4v) is 4.11. The Labute approximate surface area is 191 Å². The second-order valence-electron chi connectivity index (χ2n) is 7.25. The van der Waals surface area contributed by atoms with E-state index in [1.807, 2.05) is 0 Å². The minimum Gasteiger partial charge on any atom is -0.423 e. The van der Waals surface area contributed by atoms with Gasteiger partial charge in [0.25, 0.3) is 11.1 Å². The van der Waals surface area contributed by atoms with Crippen LogP contribution in [0.3, 0.4) is 0 Å². The number of ether oxygens (including phenoxy) is 1. The molecule has 0 aliphatic carbocycles. The summed E-state index contributed by atoms with van der Waals surface area (Å²) >= 11 is 11.9. The SMILES string of the molecule is Cc1[nH][nH]c(=O)c1C(c1ccc(OC(=O)c2ccc(Cl)cc2Cl)cc1)c1c(C)[nH][nH]c1=O. The first-order valence-corrected chi connectivity index (χ1v) is 10.3. The average molecular weight is 473 g/mol. The predicted molar refractivity (Wildman–Crippen MR) is 121 cm³/mol. The van der Waals surface area contributed by atoms with Gasteiger partial charge in [-0.25, -0.2) is 4.79 Å². The van der Waals surface area contributed by atoms with Crippen LogP contribution >= 0.6 is 23.2 Å². The summed E-state index contributed by atoms with van der Waals surface area (Å²) in [6.07, 6.45) is 0. The van der Waals surface area contributed by atoms with Crippen LogP contribution in [0, 0.1) is 13.8 Å². The molecule has 32 heavy (non-hydrogen) atoms. The van der Waals surface area contributed by atoms with Crippen molar-refractivity contribution in [3.8, 4) is 5.75 Å². The summed E-state index contributed by atoms with van der Waals surface area (Å²) in [6, 6.07) is 11.1. The van der Waals surface area contributed by atoms with Crippen LogP contribution in [0.2, 0.25) is 10.0 Å². The molecule has 10 heteroatoms. The molecule has 0 radical (unpaired) electrons. The van der Waals surface area contributed by atoms with Crippen LogP contribution in [-0.2, 0) is 0 Å². The third-order valence-electron chi connectivity index (χ3n) is 5.18. The molecule has 0 fully saturated rings. The Morgan fingerprint density at radius 1 is 0.844 bits per heavy atom. The highest BCUT2D eigenvalue weighted by Crippen LogP contribution is 2.32. The Morgan fingerprint density at radius 2 is 1.41 bits per heavy atom. The maximum absolute atomic E-state index is 12.5. The normalized spacial score (nSPS) is 11.2. The van der Waals surface area contributed by atoms with E-state index in [2.05, 4.69) is 20.4 Å². The summed E-state index contributed by atoms with van der Waals surface area (Å²) in [7, 11) is 0. The number of carbonyl (C=O) groups excluding carboxylic acids is 1. The number of hydrogen-bond donors (Lipinski definition) is 4. The van der Waals surface area contributed by atoms with Crippen molar-refractivity contribution in [1.29, 1.82) is 0 Å². The number of nitrogens with one attached hydrogen (secondary N) is 4. The van der Waals surface area contributed by atoms with E-state index in [-0.39, 0.29) is 27.5 Å². The zero-order valence-electron chi connectivity index (χ0n) is 17.0.